The molecule has 0 aliphatic carbocycles. The second kappa shape index (κ2) is 6.25. The van der Waals surface area contributed by atoms with Crippen LogP contribution in [0.5, 0.6) is 0 Å². The third-order valence-electron chi connectivity index (χ3n) is 2.85. The highest BCUT2D eigenvalue weighted by molar-refractivity contribution is 7.92. The zero-order chi connectivity index (χ0) is 14.6. The molecule has 0 unspecified atom stereocenters. The van der Waals surface area contributed by atoms with E-state index in [1.165, 1.54) is 0 Å². The molecule has 0 aliphatic heterocycles. The van der Waals surface area contributed by atoms with E-state index >= 15 is 0 Å². The van der Waals surface area contributed by atoms with Gasteiger partial charge in [-0.25, -0.2) is 8.42 Å². The first-order valence-corrected chi connectivity index (χ1v) is 7.82. The van der Waals surface area contributed by atoms with Crippen LogP contribution in [0.25, 0.3) is 0 Å². The maximum atomic E-state index is 12.1. The molecule has 0 saturated carbocycles. The van der Waals surface area contributed by atoms with Crippen LogP contribution < -0.4 is 11.1 Å². The van der Waals surface area contributed by atoms with Crippen LogP contribution in [0.1, 0.15) is 13.8 Å². The van der Waals surface area contributed by atoms with Crippen molar-refractivity contribution in [1.29, 1.82) is 0 Å². The van der Waals surface area contributed by atoms with Gasteiger partial charge in [0.1, 0.15) is 0 Å². The predicted octanol–water partition coefficient (Wildman–Crippen LogP) is 1.42. The normalized spacial score (nSPS) is 12.1. The molecule has 1 rings (SSSR count). The summed E-state index contributed by atoms with van der Waals surface area (Å²) in [6.45, 7) is 4.90. The molecule has 0 amide bonds. The van der Waals surface area contributed by atoms with Crippen LogP contribution in [0.4, 0.5) is 11.4 Å². The number of nitrogens with one attached hydrogen (secondary N) is 1. The Morgan fingerprint density at radius 2 is 1.95 bits per heavy atom. The van der Waals surface area contributed by atoms with Gasteiger partial charge in [-0.15, -0.1) is 0 Å². The summed E-state index contributed by atoms with van der Waals surface area (Å²) in [6, 6.07) is 4.80. The van der Waals surface area contributed by atoms with Crippen molar-refractivity contribution in [3.63, 3.8) is 0 Å². The molecule has 6 heteroatoms. The van der Waals surface area contributed by atoms with Crippen molar-refractivity contribution < 1.29 is 8.42 Å². The molecule has 0 heterocycles. The smallest absolute Gasteiger partial charge is 0.180 e. The molecule has 5 nitrogen and oxygen atoms in total. The van der Waals surface area contributed by atoms with Crippen molar-refractivity contribution in [3.05, 3.63) is 18.2 Å². The Labute approximate surface area is 115 Å². The molecule has 19 heavy (non-hydrogen) atoms. The molecule has 1 aromatic carbocycles. The molecule has 0 radical (unpaired) electrons. The average Bonchev–Trinajstić information content (AvgIpc) is 2.30. The summed E-state index contributed by atoms with van der Waals surface area (Å²) >= 11 is 0. The molecule has 108 valence electrons. The summed E-state index contributed by atoms with van der Waals surface area (Å²) in [5, 5.41) is 2.73. The minimum Gasteiger partial charge on any atom is -0.397 e. The van der Waals surface area contributed by atoms with Crippen LogP contribution >= 0.6 is 0 Å². The molecule has 0 atom stereocenters. The van der Waals surface area contributed by atoms with E-state index in [9.17, 15) is 8.42 Å². The lowest BCUT2D eigenvalue weighted by Gasteiger charge is -2.15. The van der Waals surface area contributed by atoms with Gasteiger partial charge in [0.05, 0.1) is 21.5 Å². The van der Waals surface area contributed by atoms with Gasteiger partial charge in [-0.3, -0.25) is 0 Å². The lowest BCUT2D eigenvalue weighted by atomic mass is 10.2. The first kappa shape index (κ1) is 15.8. The monoisotopic (exact) mass is 285 g/mol. The molecule has 0 saturated heterocycles. The molecular weight excluding hydrogens is 262 g/mol. The van der Waals surface area contributed by atoms with Crippen LogP contribution in [0.15, 0.2) is 23.1 Å². The van der Waals surface area contributed by atoms with E-state index in [1.54, 1.807) is 32.0 Å². The molecule has 0 aliphatic rings. The van der Waals surface area contributed by atoms with Gasteiger partial charge in [0, 0.05) is 13.1 Å². The standard InChI is InChI=1S/C13H23N3O2S/c1-10(2)19(17,18)11-5-6-12(14)13(9-11)15-7-8-16(3)4/h5-6,9-10,15H,7-8,14H2,1-4H3. The van der Waals surface area contributed by atoms with Crippen molar-refractivity contribution in [2.45, 2.75) is 24.0 Å². The van der Waals surface area contributed by atoms with Crippen molar-refractivity contribution in [1.82, 2.24) is 4.90 Å². The predicted molar refractivity (Wildman–Crippen MR) is 80.2 cm³/mol. The molecule has 3 N–H and O–H groups in total. The Hall–Kier alpha value is -1.27. The van der Waals surface area contributed by atoms with Crippen LogP contribution in [0.3, 0.4) is 0 Å². The molecule has 0 spiro atoms. The number of nitrogen functional groups attached to an aromatic ring is 1. The highest BCUT2D eigenvalue weighted by Gasteiger charge is 2.19. The number of nitrogens with zero attached hydrogens (tertiary/aromatic N) is 1. The minimum atomic E-state index is -3.26. The first-order valence-electron chi connectivity index (χ1n) is 6.27. The topological polar surface area (TPSA) is 75.4 Å². The number of hydrogen-bond acceptors (Lipinski definition) is 5. The summed E-state index contributed by atoms with van der Waals surface area (Å²) in [7, 11) is 0.690. The van der Waals surface area contributed by atoms with Gasteiger partial charge < -0.3 is 16.0 Å². The molecule has 0 aromatic heterocycles. The number of sulfone groups is 1. The Bertz CT molecular complexity index is 525. The van der Waals surface area contributed by atoms with Crippen LogP contribution in [0.2, 0.25) is 0 Å². The lowest BCUT2D eigenvalue weighted by molar-refractivity contribution is 0.425. The van der Waals surface area contributed by atoms with Crippen LogP contribution in [0, 0.1) is 0 Å². The van der Waals surface area contributed by atoms with E-state index in [2.05, 4.69) is 5.32 Å². The van der Waals surface area contributed by atoms with Gasteiger partial charge in [-0.05, 0) is 46.1 Å². The molecule has 0 bridgehead atoms. The summed E-state index contributed by atoms with van der Waals surface area (Å²) in [5.74, 6) is 0. The Morgan fingerprint density at radius 3 is 2.47 bits per heavy atom. The zero-order valence-electron chi connectivity index (χ0n) is 12.0. The Balaban J connectivity index is 2.95. The highest BCUT2D eigenvalue weighted by atomic mass is 32.2. The Kier molecular flexibility index (Phi) is 5.20. The SMILES string of the molecule is CC(C)S(=O)(=O)c1ccc(N)c(NCCN(C)C)c1. The van der Waals surface area contributed by atoms with Crippen molar-refractivity contribution in [2.75, 3.05) is 38.2 Å². The van der Waals surface area contributed by atoms with E-state index in [4.69, 9.17) is 5.73 Å². The fourth-order valence-electron chi connectivity index (χ4n) is 1.55. The third kappa shape index (κ3) is 4.11. The number of benzene rings is 1. The van der Waals surface area contributed by atoms with E-state index in [-0.39, 0.29) is 0 Å². The number of hydrogen-bond donors (Lipinski definition) is 2. The average molecular weight is 285 g/mol. The summed E-state index contributed by atoms with van der Waals surface area (Å²) in [6.07, 6.45) is 0. The second-order valence-electron chi connectivity index (χ2n) is 5.07. The fourth-order valence-corrected chi connectivity index (χ4v) is 2.64. The van der Waals surface area contributed by atoms with Gasteiger partial charge >= 0.3 is 0 Å². The van der Waals surface area contributed by atoms with Gasteiger partial charge in [-0.2, -0.15) is 0 Å². The van der Waals surface area contributed by atoms with E-state index in [0.717, 1.165) is 6.54 Å². The zero-order valence-corrected chi connectivity index (χ0v) is 12.8. The second-order valence-corrected chi connectivity index (χ2v) is 7.58. The number of rotatable bonds is 6. The molecule has 1 aromatic rings. The number of anilines is 2. The van der Waals surface area contributed by atoms with Crippen LogP contribution in [-0.4, -0.2) is 45.8 Å². The minimum absolute atomic E-state index is 0.309. The fraction of sp³-hybridized carbons (Fsp3) is 0.538. The van der Waals surface area contributed by atoms with Gasteiger partial charge in [0.25, 0.3) is 0 Å². The van der Waals surface area contributed by atoms with E-state index in [1.807, 2.05) is 19.0 Å². The van der Waals surface area contributed by atoms with Gasteiger partial charge in [-0.1, -0.05) is 0 Å². The summed E-state index contributed by atoms with van der Waals surface area (Å²) in [5.41, 5.74) is 7.08. The van der Waals surface area contributed by atoms with Crippen molar-refractivity contribution in [2.24, 2.45) is 0 Å². The third-order valence-corrected chi connectivity index (χ3v) is 5.00. The van der Waals surface area contributed by atoms with Crippen molar-refractivity contribution >= 4 is 21.2 Å². The number of likely N-dealkylation sites (N-methyl/N-ethyl adjacent to an activating group) is 1. The van der Waals surface area contributed by atoms with E-state index < -0.39 is 15.1 Å². The molecular formula is C13H23N3O2S. The Morgan fingerprint density at radius 1 is 1.32 bits per heavy atom. The van der Waals surface area contributed by atoms with Crippen molar-refractivity contribution in [3.8, 4) is 0 Å². The summed E-state index contributed by atoms with van der Waals surface area (Å²) < 4.78 is 24.2. The quantitative estimate of drug-likeness (QED) is 0.773. The lowest BCUT2D eigenvalue weighted by Crippen LogP contribution is -2.21. The van der Waals surface area contributed by atoms with Crippen LogP contribution in [-0.2, 0) is 9.84 Å². The van der Waals surface area contributed by atoms with E-state index in [0.29, 0.717) is 22.8 Å². The molecule has 0 fully saturated rings. The highest BCUT2D eigenvalue weighted by Crippen LogP contribution is 2.25. The van der Waals surface area contributed by atoms with Gasteiger partial charge in [0.15, 0.2) is 9.84 Å². The first-order chi connectivity index (χ1) is 8.75. The maximum absolute atomic E-state index is 12.1. The maximum Gasteiger partial charge on any atom is 0.180 e. The summed E-state index contributed by atoms with van der Waals surface area (Å²) in [4.78, 5) is 2.35. The number of nitrogens with two attached hydrogens (primary N) is 1. The van der Waals surface area contributed by atoms with Gasteiger partial charge in [0.2, 0.25) is 0 Å². The largest absolute Gasteiger partial charge is 0.397 e.